The average molecular weight is 319 g/mol. The average Bonchev–Trinajstić information content (AvgIpc) is 3.09. The van der Waals surface area contributed by atoms with Crippen LogP contribution in [0.15, 0.2) is 59.6 Å². The van der Waals surface area contributed by atoms with E-state index in [1.165, 1.54) is 4.90 Å². The number of nitrogens with zero attached hydrogens (tertiary/aromatic N) is 2. The Hall–Kier alpha value is -3.26. The van der Waals surface area contributed by atoms with Crippen molar-refractivity contribution in [3.63, 3.8) is 0 Å². The lowest BCUT2D eigenvalue weighted by Gasteiger charge is -2.19. The summed E-state index contributed by atoms with van der Waals surface area (Å²) < 4.78 is 5.36. The first-order valence-electron chi connectivity index (χ1n) is 7.62. The van der Waals surface area contributed by atoms with E-state index in [1.807, 2.05) is 54.6 Å². The van der Waals surface area contributed by atoms with Gasteiger partial charge < -0.3 is 10.1 Å². The van der Waals surface area contributed by atoms with Crippen molar-refractivity contribution in [2.75, 3.05) is 18.4 Å². The zero-order valence-electron chi connectivity index (χ0n) is 13.1. The molecule has 2 aromatic rings. The van der Waals surface area contributed by atoms with Gasteiger partial charge in [-0.25, -0.2) is 9.69 Å². The van der Waals surface area contributed by atoms with Crippen molar-refractivity contribution in [3.8, 4) is 12.3 Å². The van der Waals surface area contributed by atoms with E-state index < -0.39 is 6.09 Å². The normalized spacial score (nSPS) is 13.1. The minimum Gasteiger partial charge on any atom is -0.444 e. The molecule has 0 unspecified atom stereocenters. The Kier molecular flexibility index (Phi) is 4.78. The predicted octanol–water partition coefficient (Wildman–Crippen LogP) is 3.09. The molecule has 1 aliphatic heterocycles. The largest absolute Gasteiger partial charge is 0.444 e. The summed E-state index contributed by atoms with van der Waals surface area (Å²) in [6, 6.07) is 17.0. The Balaban J connectivity index is 1.62. The fourth-order valence-corrected chi connectivity index (χ4v) is 2.34. The second-order valence-electron chi connectivity index (χ2n) is 5.25. The molecule has 5 heteroatoms. The molecule has 1 amide bonds. The van der Waals surface area contributed by atoms with E-state index in [-0.39, 0.29) is 6.61 Å². The van der Waals surface area contributed by atoms with Gasteiger partial charge in [-0.3, -0.25) is 4.99 Å². The number of rotatable bonds is 3. The van der Waals surface area contributed by atoms with Gasteiger partial charge in [0.05, 0.1) is 13.1 Å². The molecule has 0 aliphatic carbocycles. The van der Waals surface area contributed by atoms with Gasteiger partial charge in [-0.1, -0.05) is 42.3 Å². The molecular weight excluding hydrogens is 302 g/mol. The molecule has 1 aliphatic rings. The fraction of sp³-hybridized carbons (Fsp3) is 0.158. The van der Waals surface area contributed by atoms with E-state index in [2.05, 4.69) is 16.2 Å². The molecule has 0 saturated carbocycles. The van der Waals surface area contributed by atoms with Crippen LogP contribution in [0.25, 0.3) is 0 Å². The second-order valence-corrected chi connectivity index (χ2v) is 5.25. The maximum atomic E-state index is 12.3. The summed E-state index contributed by atoms with van der Waals surface area (Å²) in [4.78, 5) is 18.1. The van der Waals surface area contributed by atoms with Crippen LogP contribution in [0.2, 0.25) is 0 Å². The third kappa shape index (κ3) is 3.73. The summed E-state index contributed by atoms with van der Waals surface area (Å²) >= 11 is 0. The lowest BCUT2D eigenvalue weighted by Crippen LogP contribution is -2.38. The van der Waals surface area contributed by atoms with Gasteiger partial charge in [-0.05, 0) is 23.8 Å². The molecule has 24 heavy (non-hydrogen) atoms. The number of aliphatic imine (C=N–C) groups is 1. The van der Waals surface area contributed by atoms with Crippen LogP contribution in [0.4, 0.5) is 10.5 Å². The number of anilines is 1. The highest BCUT2D eigenvalue weighted by Gasteiger charge is 2.25. The van der Waals surface area contributed by atoms with Gasteiger partial charge in [0.25, 0.3) is 0 Å². The van der Waals surface area contributed by atoms with Crippen molar-refractivity contribution in [1.82, 2.24) is 4.90 Å². The molecule has 1 N–H and O–H groups in total. The van der Waals surface area contributed by atoms with Crippen molar-refractivity contribution in [1.29, 1.82) is 0 Å². The Bertz CT molecular complexity index is 794. The molecule has 3 rings (SSSR count). The number of benzene rings is 2. The topological polar surface area (TPSA) is 53.9 Å². The number of guanidine groups is 1. The molecule has 120 valence electrons. The van der Waals surface area contributed by atoms with Crippen molar-refractivity contribution >= 4 is 17.7 Å². The second kappa shape index (κ2) is 7.34. The highest BCUT2D eigenvalue weighted by atomic mass is 16.6. The first kappa shape index (κ1) is 15.6. The maximum Gasteiger partial charge on any atom is 0.417 e. The summed E-state index contributed by atoms with van der Waals surface area (Å²) in [6.07, 6.45) is 4.98. The van der Waals surface area contributed by atoms with Gasteiger partial charge in [0.1, 0.15) is 6.61 Å². The van der Waals surface area contributed by atoms with Gasteiger partial charge in [0, 0.05) is 11.3 Å². The minimum absolute atomic E-state index is 0.232. The third-order valence-corrected chi connectivity index (χ3v) is 3.55. The summed E-state index contributed by atoms with van der Waals surface area (Å²) in [7, 11) is 0. The van der Waals surface area contributed by atoms with E-state index in [0.29, 0.717) is 19.0 Å². The molecule has 0 fully saturated rings. The van der Waals surface area contributed by atoms with Gasteiger partial charge in [-0.2, -0.15) is 0 Å². The number of carbonyl (C=O) groups is 1. The first-order chi connectivity index (χ1) is 11.8. The lowest BCUT2D eigenvalue weighted by atomic mass is 10.2. The quantitative estimate of drug-likeness (QED) is 0.885. The molecule has 0 atom stereocenters. The molecule has 0 bridgehead atoms. The number of ether oxygens (including phenoxy) is 1. The van der Waals surface area contributed by atoms with E-state index in [4.69, 9.17) is 11.2 Å². The number of amides is 1. The number of terminal acetylenes is 1. The van der Waals surface area contributed by atoms with Crippen molar-refractivity contribution < 1.29 is 9.53 Å². The molecule has 0 saturated heterocycles. The molecule has 1 heterocycles. The predicted molar refractivity (Wildman–Crippen MR) is 93.6 cm³/mol. The van der Waals surface area contributed by atoms with Gasteiger partial charge in [0.2, 0.25) is 5.96 Å². The molecule has 0 aromatic heterocycles. The number of nitrogens with one attached hydrogen (secondary N) is 1. The van der Waals surface area contributed by atoms with Gasteiger partial charge in [-0.15, -0.1) is 6.42 Å². The van der Waals surface area contributed by atoms with Crippen LogP contribution in [-0.4, -0.2) is 30.0 Å². The number of carbonyl (C=O) groups excluding carboxylic acids is 1. The number of hydrogen-bond acceptors (Lipinski definition) is 4. The molecule has 0 spiro atoms. The van der Waals surface area contributed by atoms with E-state index in [1.54, 1.807) is 0 Å². The zero-order chi connectivity index (χ0) is 16.8. The Morgan fingerprint density at radius 3 is 2.88 bits per heavy atom. The molecule has 5 nitrogen and oxygen atoms in total. The van der Waals surface area contributed by atoms with Crippen LogP contribution in [0.3, 0.4) is 0 Å². The van der Waals surface area contributed by atoms with Crippen LogP contribution in [0, 0.1) is 12.3 Å². The SMILES string of the molecule is C#Cc1cccc(NC2=NCCN2C(=O)OCc2ccccc2)c1. The van der Waals surface area contributed by atoms with Crippen LogP contribution in [-0.2, 0) is 11.3 Å². The maximum absolute atomic E-state index is 12.3. The van der Waals surface area contributed by atoms with Crippen LogP contribution >= 0.6 is 0 Å². The van der Waals surface area contributed by atoms with Gasteiger partial charge in [0.15, 0.2) is 0 Å². The summed E-state index contributed by atoms with van der Waals surface area (Å²) in [5.74, 6) is 3.05. The van der Waals surface area contributed by atoms with Crippen molar-refractivity contribution in [3.05, 3.63) is 65.7 Å². The Morgan fingerprint density at radius 2 is 2.08 bits per heavy atom. The standard InChI is InChI=1S/C19H17N3O2/c1-2-15-9-6-10-17(13-15)21-18-20-11-12-22(18)19(23)24-14-16-7-4-3-5-8-16/h1,3-10,13H,11-12,14H2,(H,20,21). The highest BCUT2D eigenvalue weighted by Crippen LogP contribution is 2.14. The summed E-state index contributed by atoms with van der Waals surface area (Å²) in [6.45, 7) is 1.26. The smallest absolute Gasteiger partial charge is 0.417 e. The molecular formula is C19H17N3O2. The van der Waals surface area contributed by atoms with E-state index in [9.17, 15) is 4.79 Å². The summed E-state index contributed by atoms with van der Waals surface area (Å²) in [5.41, 5.74) is 2.49. The van der Waals surface area contributed by atoms with Crippen LogP contribution < -0.4 is 5.32 Å². The molecule has 0 radical (unpaired) electrons. The zero-order valence-corrected chi connectivity index (χ0v) is 13.1. The Labute approximate surface area is 141 Å². The molecule has 2 aromatic carbocycles. The van der Waals surface area contributed by atoms with Crippen LogP contribution in [0.5, 0.6) is 0 Å². The first-order valence-corrected chi connectivity index (χ1v) is 7.62. The van der Waals surface area contributed by atoms with Gasteiger partial charge >= 0.3 is 6.09 Å². The summed E-state index contributed by atoms with van der Waals surface area (Å²) in [5, 5.41) is 3.12. The Morgan fingerprint density at radius 1 is 1.25 bits per heavy atom. The van der Waals surface area contributed by atoms with E-state index in [0.717, 1.165) is 16.8 Å². The monoisotopic (exact) mass is 319 g/mol. The fourth-order valence-electron chi connectivity index (χ4n) is 2.34. The van der Waals surface area contributed by atoms with E-state index >= 15 is 0 Å². The lowest BCUT2D eigenvalue weighted by molar-refractivity contribution is 0.118. The van der Waals surface area contributed by atoms with Crippen molar-refractivity contribution in [2.24, 2.45) is 4.99 Å². The minimum atomic E-state index is -0.421. The van der Waals surface area contributed by atoms with Crippen LogP contribution in [0.1, 0.15) is 11.1 Å². The van der Waals surface area contributed by atoms with Crippen molar-refractivity contribution in [2.45, 2.75) is 6.61 Å². The number of hydrogen-bond donors (Lipinski definition) is 1. The highest BCUT2D eigenvalue weighted by molar-refractivity contribution is 6.03. The third-order valence-electron chi connectivity index (χ3n) is 3.55.